The number of hydrogen-bond donors (Lipinski definition) is 0. The van der Waals surface area contributed by atoms with Gasteiger partial charge in [0.05, 0.1) is 17.7 Å². The summed E-state index contributed by atoms with van der Waals surface area (Å²) in [7, 11) is 4.52. The standard InChI is InChI=1S/C22H26O7/c1-15(23)20-17(10-11-25-2)21(22(24)16-8-6-5-7-9-16)19(29-14-27-4)12-18(20)28-13-26-3/h5-9,12H,10-11,13-14H2,1-4H3. The van der Waals surface area contributed by atoms with Crippen molar-refractivity contribution in [3.8, 4) is 11.5 Å². The molecule has 0 saturated carbocycles. The van der Waals surface area contributed by atoms with Gasteiger partial charge in [-0.25, -0.2) is 0 Å². The lowest BCUT2D eigenvalue weighted by Crippen LogP contribution is -2.17. The largest absolute Gasteiger partial charge is 0.467 e. The number of methoxy groups -OCH3 is 3. The molecule has 0 aromatic heterocycles. The van der Waals surface area contributed by atoms with E-state index in [1.807, 2.05) is 6.07 Å². The third-order valence-electron chi connectivity index (χ3n) is 4.19. The van der Waals surface area contributed by atoms with Gasteiger partial charge in [-0.2, -0.15) is 0 Å². The molecule has 0 saturated heterocycles. The second-order valence-corrected chi connectivity index (χ2v) is 6.20. The van der Waals surface area contributed by atoms with E-state index in [4.69, 9.17) is 23.7 Å². The predicted molar refractivity (Wildman–Crippen MR) is 107 cm³/mol. The zero-order chi connectivity index (χ0) is 21.2. The van der Waals surface area contributed by atoms with Gasteiger partial charge < -0.3 is 23.7 Å². The van der Waals surface area contributed by atoms with Crippen LogP contribution < -0.4 is 9.47 Å². The van der Waals surface area contributed by atoms with Gasteiger partial charge in [0.1, 0.15) is 11.5 Å². The smallest absolute Gasteiger partial charge is 0.197 e. The monoisotopic (exact) mass is 402 g/mol. The SMILES string of the molecule is COCCc1c(C(C)=O)c(OCOC)cc(OCOC)c1C(=O)c1ccccc1. The van der Waals surface area contributed by atoms with Crippen LogP contribution in [0.1, 0.15) is 38.8 Å². The molecule has 2 rings (SSSR count). The molecule has 0 N–H and O–H groups in total. The minimum Gasteiger partial charge on any atom is -0.467 e. The van der Waals surface area contributed by atoms with Gasteiger partial charge in [0.15, 0.2) is 25.2 Å². The zero-order valence-corrected chi connectivity index (χ0v) is 17.2. The lowest BCUT2D eigenvalue weighted by atomic mass is 9.89. The summed E-state index contributed by atoms with van der Waals surface area (Å²) in [4.78, 5) is 25.9. The molecule has 2 aromatic carbocycles. The summed E-state index contributed by atoms with van der Waals surface area (Å²) in [5, 5.41) is 0. The maximum atomic E-state index is 13.4. The summed E-state index contributed by atoms with van der Waals surface area (Å²) in [5.41, 5.74) is 1.59. The van der Waals surface area contributed by atoms with Crippen LogP contribution in [0.4, 0.5) is 0 Å². The summed E-state index contributed by atoms with van der Waals surface area (Å²) >= 11 is 0. The first-order valence-electron chi connectivity index (χ1n) is 9.08. The fourth-order valence-corrected chi connectivity index (χ4v) is 2.98. The van der Waals surface area contributed by atoms with E-state index in [0.717, 1.165) is 0 Å². The Morgan fingerprint density at radius 3 is 1.93 bits per heavy atom. The summed E-state index contributed by atoms with van der Waals surface area (Å²) in [5.74, 6) is 0.0512. The quantitative estimate of drug-likeness (QED) is 0.398. The Morgan fingerprint density at radius 2 is 1.41 bits per heavy atom. The van der Waals surface area contributed by atoms with Crippen LogP contribution >= 0.6 is 0 Å². The van der Waals surface area contributed by atoms with Gasteiger partial charge in [0.2, 0.25) is 0 Å². The molecule has 2 aromatic rings. The van der Waals surface area contributed by atoms with Crippen molar-refractivity contribution in [3.63, 3.8) is 0 Å². The molecule has 7 heteroatoms. The number of hydrogen-bond acceptors (Lipinski definition) is 7. The molecule has 0 radical (unpaired) electrons. The third-order valence-corrected chi connectivity index (χ3v) is 4.19. The third kappa shape index (κ3) is 5.63. The highest BCUT2D eigenvalue weighted by Gasteiger charge is 2.27. The Bertz CT molecular complexity index is 831. The number of benzene rings is 2. The Kier molecular flexibility index (Phi) is 8.79. The van der Waals surface area contributed by atoms with Crippen LogP contribution in [-0.4, -0.2) is 53.1 Å². The fraction of sp³-hybridized carbons (Fsp3) is 0.364. The average Bonchev–Trinajstić information content (AvgIpc) is 2.74. The molecule has 0 fully saturated rings. The highest BCUT2D eigenvalue weighted by atomic mass is 16.7. The number of ketones is 2. The van der Waals surface area contributed by atoms with Gasteiger partial charge in [-0.05, 0) is 18.9 Å². The number of Topliss-reactive ketones (excluding diaryl/α,β-unsaturated/α-hetero) is 1. The van der Waals surface area contributed by atoms with Gasteiger partial charge in [-0.1, -0.05) is 30.3 Å². The first-order chi connectivity index (χ1) is 14.0. The topological polar surface area (TPSA) is 80.3 Å². The maximum Gasteiger partial charge on any atom is 0.197 e. The number of rotatable bonds is 12. The molecule has 7 nitrogen and oxygen atoms in total. The molecule has 0 unspecified atom stereocenters. The second kappa shape index (κ2) is 11.3. The summed E-state index contributed by atoms with van der Waals surface area (Å²) in [6.45, 7) is 1.62. The Morgan fingerprint density at radius 1 is 0.828 bits per heavy atom. The first kappa shape index (κ1) is 22.5. The van der Waals surface area contributed by atoms with Crippen molar-refractivity contribution >= 4 is 11.6 Å². The van der Waals surface area contributed by atoms with Crippen molar-refractivity contribution in [1.82, 2.24) is 0 Å². The minimum atomic E-state index is -0.261. The van der Waals surface area contributed by atoms with Crippen molar-refractivity contribution in [2.24, 2.45) is 0 Å². The van der Waals surface area contributed by atoms with E-state index >= 15 is 0 Å². The normalized spacial score (nSPS) is 10.6. The number of carbonyl (C=O) groups is 2. The van der Waals surface area contributed by atoms with E-state index in [0.29, 0.717) is 35.3 Å². The van der Waals surface area contributed by atoms with Crippen LogP contribution in [0.3, 0.4) is 0 Å². The van der Waals surface area contributed by atoms with Gasteiger partial charge in [0, 0.05) is 33.0 Å². The van der Waals surface area contributed by atoms with Crippen LogP contribution in [0.15, 0.2) is 36.4 Å². The van der Waals surface area contributed by atoms with Crippen molar-refractivity contribution in [3.05, 3.63) is 58.7 Å². The van der Waals surface area contributed by atoms with Crippen LogP contribution in [0.2, 0.25) is 0 Å². The summed E-state index contributed by atoms with van der Waals surface area (Å²) < 4.78 is 26.5. The van der Waals surface area contributed by atoms with E-state index in [2.05, 4.69) is 0 Å². The molecule has 0 aliphatic heterocycles. The highest BCUT2D eigenvalue weighted by molar-refractivity contribution is 6.14. The van der Waals surface area contributed by atoms with Gasteiger partial charge >= 0.3 is 0 Å². The second-order valence-electron chi connectivity index (χ2n) is 6.20. The molecule has 0 bridgehead atoms. The molecule has 0 aliphatic rings. The summed E-state index contributed by atoms with van der Waals surface area (Å²) in [6, 6.07) is 10.3. The minimum absolute atomic E-state index is 0.0559. The molecule has 0 heterocycles. The van der Waals surface area contributed by atoms with Crippen molar-refractivity contribution in [2.45, 2.75) is 13.3 Å². The molecule has 0 spiro atoms. The molecule has 156 valence electrons. The molecular weight excluding hydrogens is 376 g/mol. The molecular formula is C22H26O7. The average molecular weight is 402 g/mol. The van der Waals surface area contributed by atoms with Crippen LogP contribution in [-0.2, 0) is 20.6 Å². The summed E-state index contributed by atoms with van der Waals surface area (Å²) in [6.07, 6.45) is 0.326. The zero-order valence-electron chi connectivity index (χ0n) is 17.2. The van der Waals surface area contributed by atoms with Crippen molar-refractivity contribution in [1.29, 1.82) is 0 Å². The first-order valence-corrected chi connectivity index (χ1v) is 9.08. The van der Waals surface area contributed by atoms with Crippen LogP contribution in [0, 0.1) is 0 Å². The van der Waals surface area contributed by atoms with E-state index in [1.165, 1.54) is 27.2 Å². The van der Waals surface area contributed by atoms with Gasteiger partial charge in [-0.3, -0.25) is 9.59 Å². The molecule has 0 aliphatic carbocycles. The highest BCUT2D eigenvalue weighted by Crippen LogP contribution is 2.36. The molecule has 29 heavy (non-hydrogen) atoms. The Balaban J connectivity index is 2.75. The predicted octanol–water partition coefficient (Wildman–Crippen LogP) is 3.27. The van der Waals surface area contributed by atoms with Gasteiger partial charge in [-0.15, -0.1) is 0 Å². The van der Waals surface area contributed by atoms with Crippen molar-refractivity contribution < 1.29 is 33.3 Å². The van der Waals surface area contributed by atoms with E-state index in [-0.39, 0.29) is 36.7 Å². The van der Waals surface area contributed by atoms with E-state index in [1.54, 1.807) is 31.4 Å². The Hall–Kier alpha value is -2.74. The molecule has 0 atom stereocenters. The maximum absolute atomic E-state index is 13.4. The lowest BCUT2D eigenvalue weighted by molar-refractivity contribution is 0.0450. The van der Waals surface area contributed by atoms with Crippen LogP contribution in [0.5, 0.6) is 11.5 Å². The van der Waals surface area contributed by atoms with Gasteiger partial charge in [0.25, 0.3) is 0 Å². The fourth-order valence-electron chi connectivity index (χ4n) is 2.98. The molecule has 0 amide bonds. The van der Waals surface area contributed by atoms with Crippen molar-refractivity contribution in [2.75, 3.05) is 41.5 Å². The number of ether oxygens (including phenoxy) is 5. The Labute approximate surface area is 170 Å². The number of carbonyl (C=O) groups excluding carboxylic acids is 2. The van der Waals surface area contributed by atoms with E-state index in [9.17, 15) is 9.59 Å². The lowest BCUT2D eigenvalue weighted by Gasteiger charge is -2.21. The van der Waals surface area contributed by atoms with E-state index < -0.39 is 0 Å². The van der Waals surface area contributed by atoms with Crippen LogP contribution in [0.25, 0.3) is 0 Å².